The van der Waals surface area contributed by atoms with Crippen molar-refractivity contribution in [3.63, 3.8) is 0 Å². The lowest BCUT2D eigenvalue weighted by Crippen LogP contribution is -2.47. The summed E-state index contributed by atoms with van der Waals surface area (Å²) in [5.74, 6) is 0.752. The van der Waals surface area contributed by atoms with E-state index < -0.39 is 0 Å². The second-order valence-electron chi connectivity index (χ2n) is 3.26. The SMILES string of the molecule is C=CC(=O)N1CC(C)C1.CCC. The van der Waals surface area contributed by atoms with E-state index in [0.29, 0.717) is 5.92 Å². The van der Waals surface area contributed by atoms with Crippen molar-refractivity contribution in [2.75, 3.05) is 13.1 Å². The first-order valence-corrected chi connectivity index (χ1v) is 4.57. The maximum atomic E-state index is 10.7. The van der Waals surface area contributed by atoms with Gasteiger partial charge >= 0.3 is 0 Å². The van der Waals surface area contributed by atoms with Crippen LogP contribution in [0.1, 0.15) is 27.2 Å². The van der Waals surface area contributed by atoms with Gasteiger partial charge in [0, 0.05) is 13.1 Å². The number of hydrogen-bond acceptors (Lipinski definition) is 1. The van der Waals surface area contributed by atoms with Gasteiger partial charge < -0.3 is 4.90 Å². The van der Waals surface area contributed by atoms with E-state index in [-0.39, 0.29) is 5.91 Å². The van der Waals surface area contributed by atoms with E-state index in [9.17, 15) is 4.79 Å². The van der Waals surface area contributed by atoms with Crippen LogP contribution in [-0.4, -0.2) is 23.9 Å². The minimum Gasteiger partial charge on any atom is -0.339 e. The fraction of sp³-hybridized carbons (Fsp3) is 0.700. The molecular formula is C10H19NO. The van der Waals surface area contributed by atoms with E-state index in [4.69, 9.17) is 0 Å². The van der Waals surface area contributed by atoms with Gasteiger partial charge in [-0.2, -0.15) is 0 Å². The zero-order valence-corrected chi connectivity index (χ0v) is 8.34. The summed E-state index contributed by atoms with van der Waals surface area (Å²) >= 11 is 0. The van der Waals surface area contributed by atoms with Crippen LogP contribution >= 0.6 is 0 Å². The average molecular weight is 169 g/mol. The molecule has 0 aromatic rings. The van der Waals surface area contributed by atoms with Crippen molar-refractivity contribution in [3.8, 4) is 0 Å². The number of nitrogens with zero attached hydrogens (tertiary/aromatic N) is 1. The summed E-state index contributed by atoms with van der Waals surface area (Å²) in [6, 6.07) is 0. The summed E-state index contributed by atoms with van der Waals surface area (Å²) in [5.41, 5.74) is 0. The van der Waals surface area contributed by atoms with Crippen LogP contribution in [0.15, 0.2) is 12.7 Å². The molecule has 1 amide bonds. The van der Waals surface area contributed by atoms with E-state index in [2.05, 4.69) is 27.4 Å². The van der Waals surface area contributed by atoms with Crippen molar-refractivity contribution in [1.29, 1.82) is 0 Å². The number of hydrogen-bond donors (Lipinski definition) is 0. The Morgan fingerprint density at radius 3 is 2.25 bits per heavy atom. The lowest BCUT2D eigenvalue weighted by molar-refractivity contribution is -0.131. The molecule has 0 radical (unpaired) electrons. The molecule has 0 unspecified atom stereocenters. The van der Waals surface area contributed by atoms with Gasteiger partial charge in [-0.15, -0.1) is 0 Å². The van der Waals surface area contributed by atoms with Gasteiger partial charge in [0.2, 0.25) is 5.91 Å². The molecule has 1 aliphatic heterocycles. The van der Waals surface area contributed by atoms with Crippen LogP contribution < -0.4 is 0 Å². The van der Waals surface area contributed by atoms with Crippen LogP contribution in [0.4, 0.5) is 0 Å². The molecule has 2 nitrogen and oxygen atoms in total. The van der Waals surface area contributed by atoms with Gasteiger partial charge in [0.05, 0.1) is 0 Å². The van der Waals surface area contributed by atoms with Crippen LogP contribution in [0.2, 0.25) is 0 Å². The highest BCUT2D eigenvalue weighted by molar-refractivity contribution is 5.87. The van der Waals surface area contributed by atoms with Crippen molar-refractivity contribution < 1.29 is 4.79 Å². The fourth-order valence-corrected chi connectivity index (χ4v) is 1.01. The molecule has 0 saturated carbocycles. The lowest BCUT2D eigenvalue weighted by Gasteiger charge is -2.36. The summed E-state index contributed by atoms with van der Waals surface area (Å²) in [4.78, 5) is 12.5. The first-order valence-electron chi connectivity index (χ1n) is 4.57. The Kier molecular flexibility index (Phi) is 5.43. The monoisotopic (exact) mass is 169 g/mol. The van der Waals surface area contributed by atoms with E-state index in [1.165, 1.54) is 12.5 Å². The molecule has 1 rings (SSSR count). The van der Waals surface area contributed by atoms with Gasteiger partial charge in [-0.25, -0.2) is 0 Å². The van der Waals surface area contributed by atoms with Crippen LogP contribution in [0.25, 0.3) is 0 Å². The highest BCUT2D eigenvalue weighted by Crippen LogP contribution is 2.13. The molecule has 0 atom stereocenters. The Balaban J connectivity index is 0.000000354. The zero-order valence-electron chi connectivity index (χ0n) is 8.34. The third kappa shape index (κ3) is 3.56. The predicted octanol–water partition coefficient (Wildman–Crippen LogP) is 2.07. The van der Waals surface area contributed by atoms with Crippen molar-refractivity contribution in [3.05, 3.63) is 12.7 Å². The van der Waals surface area contributed by atoms with Crippen LogP contribution in [0.5, 0.6) is 0 Å². The van der Waals surface area contributed by atoms with Crippen LogP contribution in [0, 0.1) is 5.92 Å². The van der Waals surface area contributed by atoms with E-state index in [1.54, 1.807) is 4.90 Å². The first kappa shape index (κ1) is 11.2. The summed E-state index contributed by atoms with van der Waals surface area (Å²) in [6.07, 6.45) is 2.62. The maximum absolute atomic E-state index is 10.7. The molecule has 0 spiro atoms. The molecule has 0 bridgehead atoms. The molecule has 1 saturated heterocycles. The number of amides is 1. The number of carbonyl (C=O) groups excluding carboxylic acids is 1. The third-order valence-corrected chi connectivity index (χ3v) is 1.55. The van der Waals surface area contributed by atoms with Crippen LogP contribution in [-0.2, 0) is 4.79 Å². The minimum absolute atomic E-state index is 0.0631. The molecule has 70 valence electrons. The van der Waals surface area contributed by atoms with Gasteiger partial charge in [0.15, 0.2) is 0 Å². The number of likely N-dealkylation sites (tertiary alicyclic amines) is 1. The number of rotatable bonds is 1. The van der Waals surface area contributed by atoms with Gasteiger partial charge in [0.1, 0.15) is 0 Å². The molecule has 0 aromatic carbocycles. The van der Waals surface area contributed by atoms with Crippen LogP contribution in [0.3, 0.4) is 0 Å². The largest absolute Gasteiger partial charge is 0.339 e. The Hall–Kier alpha value is -0.790. The second kappa shape index (κ2) is 5.81. The average Bonchev–Trinajstić information content (AvgIpc) is 1.99. The van der Waals surface area contributed by atoms with E-state index in [1.807, 2.05) is 0 Å². The van der Waals surface area contributed by atoms with Gasteiger partial charge in [-0.05, 0) is 12.0 Å². The Labute approximate surface area is 75.3 Å². The Morgan fingerprint density at radius 2 is 2.00 bits per heavy atom. The molecule has 1 heterocycles. The smallest absolute Gasteiger partial charge is 0.245 e. The first-order chi connectivity index (χ1) is 5.65. The Morgan fingerprint density at radius 1 is 1.58 bits per heavy atom. The molecule has 0 N–H and O–H groups in total. The molecule has 2 heteroatoms. The molecule has 0 aromatic heterocycles. The summed E-state index contributed by atoms with van der Waals surface area (Å²) in [5, 5.41) is 0. The molecule has 1 fully saturated rings. The highest BCUT2D eigenvalue weighted by Gasteiger charge is 2.24. The lowest BCUT2D eigenvalue weighted by atomic mass is 10.0. The third-order valence-electron chi connectivity index (χ3n) is 1.55. The fourth-order valence-electron chi connectivity index (χ4n) is 1.01. The normalized spacial score (nSPS) is 15.8. The maximum Gasteiger partial charge on any atom is 0.245 e. The van der Waals surface area contributed by atoms with E-state index >= 15 is 0 Å². The highest BCUT2D eigenvalue weighted by atomic mass is 16.2. The Bertz CT molecular complexity index is 148. The predicted molar refractivity (Wildman–Crippen MR) is 51.9 cm³/mol. The molecular weight excluding hydrogens is 150 g/mol. The number of carbonyl (C=O) groups is 1. The van der Waals surface area contributed by atoms with Crippen molar-refractivity contribution in [2.45, 2.75) is 27.2 Å². The van der Waals surface area contributed by atoms with Crippen molar-refractivity contribution in [2.24, 2.45) is 5.92 Å². The van der Waals surface area contributed by atoms with Crippen molar-refractivity contribution in [1.82, 2.24) is 4.90 Å². The van der Waals surface area contributed by atoms with Crippen molar-refractivity contribution >= 4 is 5.91 Å². The second-order valence-corrected chi connectivity index (χ2v) is 3.26. The standard InChI is InChI=1S/C7H11NO.C3H8/c1-3-7(9)8-4-6(2)5-8;1-3-2/h3,6H,1,4-5H2,2H3;3H2,1-2H3. The molecule has 0 aliphatic carbocycles. The van der Waals surface area contributed by atoms with Gasteiger partial charge in [0.25, 0.3) is 0 Å². The van der Waals surface area contributed by atoms with Gasteiger partial charge in [-0.3, -0.25) is 4.79 Å². The molecule has 1 aliphatic rings. The minimum atomic E-state index is 0.0631. The summed E-state index contributed by atoms with van der Waals surface area (Å²) in [7, 11) is 0. The molecule has 12 heavy (non-hydrogen) atoms. The zero-order chi connectivity index (χ0) is 9.56. The van der Waals surface area contributed by atoms with E-state index in [0.717, 1.165) is 13.1 Å². The quantitative estimate of drug-likeness (QED) is 0.550. The summed E-state index contributed by atoms with van der Waals surface area (Å²) in [6.45, 7) is 11.6. The van der Waals surface area contributed by atoms with Gasteiger partial charge in [-0.1, -0.05) is 33.8 Å². The summed E-state index contributed by atoms with van der Waals surface area (Å²) < 4.78 is 0. The topological polar surface area (TPSA) is 20.3 Å².